The van der Waals surface area contributed by atoms with Gasteiger partial charge in [0.2, 0.25) is 10.0 Å². The number of hydrogen-bond acceptors (Lipinski definition) is 6. The molecule has 1 heterocycles. The summed E-state index contributed by atoms with van der Waals surface area (Å²) in [4.78, 5) is 0.122. The molecular formula is C12H22N4O2S2. The van der Waals surface area contributed by atoms with Gasteiger partial charge < -0.3 is 11.1 Å². The quantitative estimate of drug-likeness (QED) is 0.830. The van der Waals surface area contributed by atoms with Crippen LogP contribution in [0.5, 0.6) is 0 Å². The van der Waals surface area contributed by atoms with E-state index in [2.05, 4.69) is 9.69 Å². The largest absolute Gasteiger partial charge is 0.382 e. The van der Waals surface area contributed by atoms with Crippen LogP contribution in [0.4, 0.5) is 10.8 Å². The van der Waals surface area contributed by atoms with Gasteiger partial charge in [-0.15, -0.1) is 0 Å². The standard InChI is InChI=1S/C12H22N4O2S2/c1-16(2)20(17,18)10-11(13)15-19-12(10)14-9-7-5-3-4-6-8-9/h9,14H,3-8H2,1-2H3,(H2,13,15). The van der Waals surface area contributed by atoms with E-state index in [0.717, 1.165) is 24.4 Å². The lowest BCUT2D eigenvalue weighted by Crippen LogP contribution is -2.25. The molecule has 0 saturated heterocycles. The van der Waals surface area contributed by atoms with Gasteiger partial charge in [-0.25, -0.2) is 12.7 Å². The van der Waals surface area contributed by atoms with E-state index in [9.17, 15) is 8.42 Å². The van der Waals surface area contributed by atoms with Crippen molar-refractivity contribution in [3.05, 3.63) is 0 Å². The van der Waals surface area contributed by atoms with Crippen molar-refractivity contribution in [3.8, 4) is 0 Å². The first-order chi connectivity index (χ1) is 9.43. The van der Waals surface area contributed by atoms with Crippen LogP contribution in [0.2, 0.25) is 0 Å². The zero-order valence-electron chi connectivity index (χ0n) is 11.9. The number of rotatable bonds is 4. The average molecular weight is 318 g/mol. The van der Waals surface area contributed by atoms with Crippen LogP contribution in [0, 0.1) is 0 Å². The third-order valence-electron chi connectivity index (χ3n) is 3.60. The fourth-order valence-electron chi connectivity index (χ4n) is 2.43. The molecule has 1 saturated carbocycles. The Morgan fingerprint density at radius 2 is 1.85 bits per heavy atom. The van der Waals surface area contributed by atoms with Crippen LogP contribution in [0.25, 0.3) is 0 Å². The smallest absolute Gasteiger partial charge is 0.249 e. The lowest BCUT2D eigenvalue weighted by molar-refractivity contribution is 0.521. The number of hydrogen-bond donors (Lipinski definition) is 2. The van der Waals surface area contributed by atoms with Gasteiger partial charge in [0.1, 0.15) is 5.00 Å². The molecule has 1 aromatic heterocycles. The summed E-state index contributed by atoms with van der Waals surface area (Å²) in [6, 6.07) is 0.313. The minimum absolute atomic E-state index is 0.0832. The van der Waals surface area contributed by atoms with Gasteiger partial charge in [-0.2, -0.15) is 4.37 Å². The lowest BCUT2D eigenvalue weighted by Gasteiger charge is -2.18. The van der Waals surface area contributed by atoms with Crippen LogP contribution in [-0.2, 0) is 10.0 Å². The van der Waals surface area contributed by atoms with Gasteiger partial charge in [-0.05, 0) is 24.4 Å². The van der Waals surface area contributed by atoms with Crippen molar-refractivity contribution in [1.29, 1.82) is 0 Å². The van der Waals surface area contributed by atoms with Gasteiger partial charge in [-0.1, -0.05) is 25.7 Å². The second kappa shape index (κ2) is 6.28. The van der Waals surface area contributed by atoms with Gasteiger partial charge >= 0.3 is 0 Å². The lowest BCUT2D eigenvalue weighted by atomic mass is 10.1. The van der Waals surface area contributed by atoms with Crippen molar-refractivity contribution in [2.75, 3.05) is 25.1 Å². The van der Waals surface area contributed by atoms with Gasteiger partial charge in [0.25, 0.3) is 0 Å². The molecule has 1 fully saturated rings. The number of aromatic nitrogens is 1. The predicted octanol–water partition coefficient (Wildman–Crippen LogP) is 2.11. The Morgan fingerprint density at radius 3 is 2.40 bits per heavy atom. The third kappa shape index (κ3) is 3.24. The molecule has 1 aliphatic carbocycles. The maximum Gasteiger partial charge on any atom is 0.249 e. The fraction of sp³-hybridized carbons (Fsp3) is 0.750. The summed E-state index contributed by atoms with van der Waals surface area (Å²) in [6.45, 7) is 0. The Balaban J connectivity index is 2.25. The zero-order valence-corrected chi connectivity index (χ0v) is 13.6. The predicted molar refractivity (Wildman–Crippen MR) is 82.5 cm³/mol. The second-order valence-corrected chi connectivity index (χ2v) is 8.21. The highest BCUT2D eigenvalue weighted by Gasteiger charge is 2.28. The SMILES string of the molecule is CN(C)S(=O)(=O)c1c(N)nsc1NC1CCCCCC1. The normalized spacial score (nSPS) is 18.1. The summed E-state index contributed by atoms with van der Waals surface area (Å²) < 4.78 is 29.8. The van der Waals surface area contributed by atoms with E-state index in [1.54, 1.807) is 0 Å². The number of nitrogens with two attached hydrogens (primary N) is 1. The molecule has 8 heteroatoms. The highest BCUT2D eigenvalue weighted by atomic mass is 32.2. The van der Waals surface area contributed by atoms with Crippen LogP contribution >= 0.6 is 11.5 Å². The van der Waals surface area contributed by atoms with Gasteiger partial charge in [0.15, 0.2) is 10.7 Å². The summed E-state index contributed by atoms with van der Waals surface area (Å²) in [5, 5.41) is 3.91. The first-order valence-corrected chi connectivity index (χ1v) is 9.08. The Morgan fingerprint density at radius 1 is 1.25 bits per heavy atom. The molecule has 0 radical (unpaired) electrons. The maximum atomic E-state index is 12.3. The summed E-state index contributed by atoms with van der Waals surface area (Å²) in [7, 11) is -0.557. The Hall–Kier alpha value is -0.860. The average Bonchev–Trinajstić information content (AvgIpc) is 2.60. The highest BCUT2D eigenvalue weighted by Crippen LogP contribution is 2.34. The zero-order chi connectivity index (χ0) is 14.8. The molecule has 2 rings (SSSR count). The van der Waals surface area contributed by atoms with E-state index in [-0.39, 0.29) is 10.7 Å². The number of anilines is 2. The van der Waals surface area contributed by atoms with E-state index in [1.165, 1.54) is 44.1 Å². The number of nitrogens with zero attached hydrogens (tertiary/aromatic N) is 2. The molecule has 0 aliphatic heterocycles. The molecule has 114 valence electrons. The van der Waals surface area contributed by atoms with Crippen molar-refractivity contribution in [1.82, 2.24) is 8.68 Å². The first-order valence-electron chi connectivity index (χ1n) is 6.87. The van der Waals surface area contributed by atoms with Crippen molar-refractivity contribution in [2.45, 2.75) is 49.5 Å². The topological polar surface area (TPSA) is 88.3 Å². The van der Waals surface area contributed by atoms with E-state index in [4.69, 9.17) is 5.73 Å². The van der Waals surface area contributed by atoms with Gasteiger partial charge in [0.05, 0.1) is 0 Å². The molecule has 1 aromatic rings. The number of nitrogen functional groups attached to an aromatic ring is 1. The van der Waals surface area contributed by atoms with Crippen LogP contribution < -0.4 is 11.1 Å². The molecule has 3 N–H and O–H groups in total. The monoisotopic (exact) mass is 318 g/mol. The summed E-state index contributed by atoms with van der Waals surface area (Å²) in [6.07, 6.45) is 7.01. The van der Waals surface area contributed by atoms with Crippen LogP contribution in [-0.4, -0.2) is 37.2 Å². The molecule has 1 aliphatic rings. The summed E-state index contributed by atoms with van der Waals surface area (Å²) in [5.74, 6) is 0.0832. The summed E-state index contributed by atoms with van der Waals surface area (Å²) in [5.41, 5.74) is 5.75. The molecule has 0 aromatic carbocycles. The van der Waals surface area contributed by atoms with Crippen LogP contribution in [0.15, 0.2) is 4.90 Å². The fourth-order valence-corrected chi connectivity index (χ4v) is 4.57. The van der Waals surface area contributed by atoms with Crippen molar-refractivity contribution in [3.63, 3.8) is 0 Å². The Kier molecular flexibility index (Phi) is 4.87. The molecule has 0 bridgehead atoms. The summed E-state index contributed by atoms with van der Waals surface area (Å²) >= 11 is 1.13. The van der Waals surface area contributed by atoms with Gasteiger partial charge in [0, 0.05) is 20.1 Å². The first kappa shape index (κ1) is 15.5. The highest BCUT2D eigenvalue weighted by molar-refractivity contribution is 7.89. The maximum absolute atomic E-state index is 12.3. The van der Waals surface area contributed by atoms with Crippen molar-refractivity contribution >= 4 is 32.4 Å². The minimum atomic E-state index is -3.56. The molecule has 0 amide bonds. The Labute approximate surface area is 124 Å². The van der Waals surface area contributed by atoms with E-state index in [1.807, 2.05) is 0 Å². The van der Waals surface area contributed by atoms with Crippen molar-refractivity contribution in [2.24, 2.45) is 0 Å². The van der Waals surface area contributed by atoms with Crippen LogP contribution in [0.1, 0.15) is 38.5 Å². The van der Waals surface area contributed by atoms with E-state index < -0.39 is 10.0 Å². The molecular weight excluding hydrogens is 296 g/mol. The van der Waals surface area contributed by atoms with Gasteiger partial charge in [-0.3, -0.25) is 0 Å². The minimum Gasteiger partial charge on any atom is -0.382 e. The van der Waals surface area contributed by atoms with E-state index >= 15 is 0 Å². The molecule has 20 heavy (non-hydrogen) atoms. The molecule has 0 atom stereocenters. The second-order valence-electron chi connectivity index (χ2n) is 5.35. The molecule has 0 spiro atoms. The molecule has 0 unspecified atom stereocenters. The molecule has 6 nitrogen and oxygen atoms in total. The van der Waals surface area contributed by atoms with Crippen molar-refractivity contribution < 1.29 is 8.42 Å². The third-order valence-corrected chi connectivity index (χ3v) is 6.42. The van der Waals surface area contributed by atoms with E-state index in [0.29, 0.717) is 11.0 Å². The number of nitrogens with one attached hydrogen (secondary N) is 1. The number of sulfonamides is 1. The van der Waals surface area contributed by atoms with Crippen LogP contribution in [0.3, 0.4) is 0 Å². The Bertz CT molecular complexity index is 546.